The molecule has 0 bridgehead atoms. The summed E-state index contributed by atoms with van der Waals surface area (Å²) in [6, 6.07) is 9.17. The number of nitrogens with two attached hydrogens (primary N) is 1. The van der Waals surface area contributed by atoms with E-state index in [-0.39, 0.29) is 18.4 Å². The molecule has 1 aromatic carbocycles. The highest BCUT2D eigenvalue weighted by Gasteiger charge is 2.14. The van der Waals surface area contributed by atoms with Crippen molar-refractivity contribution in [3.8, 4) is 0 Å². The maximum absolute atomic E-state index is 11.5. The Morgan fingerprint density at radius 2 is 2.00 bits per heavy atom. The zero-order valence-electron chi connectivity index (χ0n) is 10.1. The van der Waals surface area contributed by atoms with E-state index >= 15 is 0 Å². The van der Waals surface area contributed by atoms with Gasteiger partial charge in [0.25, 0.3) is 0 Å². The van der Waals surface area contributed by atoms with Crippen molar-refractivity contribution in [1.82, 2.24) is 0 Å². The molecule has 0 aliphatic heterocycles. The standard InChI is InChI=1S/C13H19NO2.ClH/c1-2-3-9-16-13(15)12(14)10-11-7-5-4-6-8-11;/h4-8,12H,2-3,9-10,14H2,1H3;1H/t12-;/m1./s1. The molecule has 4 heteroatoms. The molecule has 0 aliphatic rings. The molecule has 0 unspecified atom stereocenters. The first kappa shape index (κ1) is 15.9. The zero-order valence-corrected chi connectivity index (χ0v) is 10.9. The third-order valence-corrected chi connectivity index (χ3v) is 2.34. The van der Waals surface area contributed by atoms with Gasteiger partial charge in [0.05, 0.1) is 6.61 Å². The zero-order chi connectivity index (χ0) is 11.8. The minimum absolute atomic E-state index is 0. The van der Waals surface area contributed by atoms with Crippen LogP contribution in [0.15, 0.2) is 30.3 Å². The summed E-state index contributed by atoms with van der Waals surface area (Å²) in [6.07, 6.45) is 2.44. The summed E-state index contributed by atoms with van der Waals surface area (Å²) in [6.45, 7) is 2.52. The number of ether oxygens (including phenoxy) is 1. The molecule has 1 atom stereocenters. The SMILES string of the molecule is CCCCOC(=O)[C@H](N)Cc1ccccc1.Cl. The van der Waals surface area contributed by atoms with Crippen LogP contribution in [0.5, 0.6) is 0 Å². The van der Waals surface area contributed by atoms with Crippen LogP contribution in [0.4, 0.5) is 0 Å². The Morgan fingerprint density at radius 3 is 2.59 bits per heavy atom. The van der Waals surface area contributed by atoms with Crippen LogP contribution in [0.3, 0.4) is 0 Å². The fourth-order valence-corrected chi connectivity index (χ4v) is 1.38. The quantitative estimate of drug-likeness (QED) is 0.629. The molecule has 0 radical (unpaired) electrons. The van der Waals surface area contributed by atoms with E-state index in [0.717, 1.165) is 18.4 Å². The molecule has 1 aromatic rings. The highest BCUT2D eigenvalue weighted by molar-refractivity contribution is 5.85. The summed E-state index contributed by atoms with van der Waals surface area (Å²) in [7, 11) is 0. The van der Waals surface area contributed by atoms with Gasteiger partial charge in [-0.25, -0.2) is 0 Å². The second-order valence-corrected chi connectivity index (χ2v) is 3.82. The van der Waals surface area contributed by atoms with Crippen LogP contribution in [0.2, 0.25) is 0 Å². The normalized spacial score (nSPS) is 11.4. The van der Waals surface area contributed by atoms with E-state index < -0.39 is 6.04 Å². The number of carbonyl (C=O) groups excluding carboxylic acids is 1. The number of unbranched alkanes of at least 4 members (excludes halogenated alkanes) is 1. The maximum atomic E-state index is 11.5. The van der Waals surface area contributed by atoms with Crippen LogP contribution in [-0.2, 0) is 16.0 Å². The number of esters is 1. The highest BCUT2D eigenvalue weighted by atomic mass is 35.5. The highest BCUT2D eigenvalue weighted by Crippen LogP contribution is 2.03. The number of hydrogen-bond donors (Lipinski definition) is 1. The maximum Gasteiger partial charge on any atom is 0.323 e. The summed E-state index contributed by atoms with van der Waals surface area (Å²) in [4.78, 5) is 11.5. The molecular formula is C13H20ClNO2. The van der Waals surface area contributed by atoms with Crippen molar-refractivity contribution in [3.63, 3.8) is 0 Å². The van der Waals surface area contributed by atoms with Gasteiger partial charge in [0.15, 0.2) is 0 Å². The lowest BCUT2D eigenvalue weighted by Gasteiger charge is -2.11. The number of halogens is 1. The molecule has 0 fully saturated rings. The first-order chi connectivity index (χ1) is 7.74. The average molecular weight is 258 g/mol. The Balaban J connectivity index is 0.00000256. The third-order valence-electron chi connectivity index (χ3n) is 2.34. The predicted octanol–water partition coefficient (Wildman–Crippen LogP) is 2.32. The van der Waals surface area contributed by atoms with Crippen LogP contribution in [0.1, 0.15) is 25.3 Å². The molecule has 0 aromatic heterocycles. The van der Waals surface area contributed by atoms with Crippen molar-refractivity contribution >= 4 is 18.4 Å². The van der Waals surface area contributed by atoms with E-state index in [1.165, 1.54) is 0 Å². The molecule has 17 heavy (non-hydrogen) atoms. The molecule has 0 spiro atoms. The Kier molecular flexibility index (Phi) is 8.46. The van der Waals surface area contributed by atoms with Gasteiger partial charge in [-0.2, -0.15) is 0 Å². The summed E-state index contributed by atoms with van der Waals surface area (Å²) in [5, 5.41) is 0. The molecule has 0 saturated heterocycles. The first-order valence-corrected chi connectivity index (χ1v) is 5.70. The van der Waals surface area contributed by atoms with Gasteiger partial charge in [-0.05, 0) is 18.4 Å². The second-order valence-electron chi connectivity index (χ2n) is 3.82. The van der Waals surface area contributed by atoms with E-state index in [9.17, 15) is 4.79 Å². The second kappa shape index (κ2) is 9.02. The van der Waals surface area contributed by atoms with Crippen LogP contribution in [0.25, 0.3) is 0 Å². The Labute approximate surface area is 109 Å². The van der Waals surface area contributed by atoms with E-state index in [0.29, 0.717) is 13.0 Å². The Hall–Kier alpha value is -1.06. The van der Waals surface area contributed by atoms with Crippen molar-refractivity contribution in [2.75, 3.05) is 6.61 Å². The third kappa shape index (κ3) is 6.29. The van der Waals surface area contributed by atoms with Gasteiger partial charge in [0, 0.05) is 0 Å². The van der Waals surface area contributed by atoms with E-state index in [2.05, 4.69) is 6.92 Å². The number of rotatable bonds is 6. The van der Waals surface area contributed by atoms with Gasteiger partial charge < -0.3 is 10.5 Å². The van der Waals surface area contributed by atoms with Crippen molar-refractivity contribution in [2.45, 2.75) is 32.2 Å². The van der Waals surface area contributed by atoms with E-state index in [1.54, 1.807) is 0 Å². The lowest BCUT2D eigenvalue weighted by molar-refractivity contribution is -0.145. The Bertz CT molecular complexity index is 316. The molecule has 96 valence electrons. The molecule has 0 aliphatic carbocycles. The number of hydrogen-bond acceptors (Lipinski definition) is 3. The number of benzene rings is 1. The van der Waals surface area contributed by atoms with E-state index in [4.69, 9.17) is 10.5 Å². The first-order valence-electron chi connectivity index (χ1n) is 5.70. The topological polar surface area (TPSA) is 52.3 Å². The van der Waals surface area contributed by atoms with Crippen LogP contribution in [-0.4, -0.2) is 18.6 Å². The minimum atomic E-state index is -0.556. The smallest absolute Gasteiger partial charge is 0.323 e. The minimum Gasteiger partial charge on any atom is -0.465 e. The summed E-state index contributed by atoms with van der Waals surface area (Å²) in [5.74, 6) is -0.308. The van der Waals surface area contributed by atoms with Crippen molar-refractivity contribution < 1.29 is 9.53 Å². The van der Waals surface area contributed by atoms with Gasteiger partial charge >= 0.3 is 5.97 Å². The monoisotopic (exact) mass is 257 g/mol. The van der Waals surface area contributed by atoms with Gasteiger partial charge in [-0.1, -0.05) is 43.7 Å². The fraction of sp³-hybridized carbons (Fsp3) is 0.462. The van der Waals surface area contributed by atoms with Crippen LogP contribution < -0.4 is 5.73 Å². The lowest BCUT2D eigenvalue weighted by atomic mass is 10.1. The molecule has 0 heterocycles. The lowest BCUT2D eigenvalue weighted by Crippen LogP contribution is -2.34. The molecule has 1 rings (SSSR count). The molecule has 3 nitrogen and oxygen atoms in total. The van der Waals surface area contributed by atoms with Gasteiger partial charge in [0.1, 0.15) is 6.04 Å². The average Bonchev–Trinajstić information content (AvgIpc) is 2.30. The van der Waals surface area contributed by atoms with Crippen LogP contribution in [0, 0.1) is 0 Å². The summed E-state index contributed by atoms with van der Waals surface area (Å²) >= 11 is 0. The number of carbonyl (C=O) groups is 1. The van der Waals surface area contributed by atoms with Crippen molar-refractivity contribution in [3.05, 3.63) is 35.9 Å². The van der Waals surface area contributed by atoms with Crippen molar-refractivity contribution in [1.29, 1.82) is 0 Å². The molecule has 0 amide bonds. The Morgan fingerprint density at radius 1 is 1.35 bits per heavy atom. The van der Waals surface area contributed by atoms with Gasteiger partial charge in [-0.3, -0.25) is 4.79 Å². The van der Waals surface area contributed by atoms with Crippen LogP contribution >= 0.6 is 12.4 Å². The summed E-state index contributed by atoms with van der Waals surface area (Å²) < 4.78 is 5.05. The largest absolute Gasteiger partial charge is 0.465 e. The van der Waals surface area contributed by atoms with Gasteiger partial charge in [-0.15, -0.1) is 12.4 Å². The molecular weight excluding hydrogens is 238 g/mol. The van der Waals surface area contributed by atoms with Crippen molar-refractivity contribution in [2.24, 2.45) is 5.73 Å². The summed E-state index contributed by atoms with van der Waals surface area (Å²) in [5.41, 5.74) is 6.81. The van der Waals surface area contributed by atoms with Gasteiger partial charge in [0.2, 0.25) is 0 Å². The fourth-order valence-electron chi connectivity index (χ4n) is 1.38. The molecule has 2 N–H and O–H groups in total. The predicted molar refractivity (Wildman–Crippen MR) is 71.2 cm³/mol. The molecule has 0 saturated carbocycles. The van der Waals surface area contributed by atoms with E-state index in [1.807, 2.05) is 30.3 Å².